The minimum absolute atomic E-state index is 0.0213. The summed E-state index contributed by atoms with van der Waals surface area (Å²) in [5, 5.41) is 1.49. The molecule has 77 heavy (non-hydrogen) atoms. The van der Waals surface area contributed by atoms with E-state index in [0.717, 1.165) is 0 Å². The number of ether oxygens (including phenoxy) is 7. The van der Waals surface area contributed by atoms with Crippen LogP contribution in [0.1, 0.15) is 128 Å². The molecule has 31 nitrogen and oxygen atoms in total. The van der Waals surface area contributed by atoms with Crippen molar-refractivity contribution in [1.82, 2.24) is 20.3 Å². The number of ketones is 2. The van der Waals surface area contributed by atoms with Crippen molar-refractivity contribution in [2.45, 2.75) is 141 Å². The Morgan fingerprint density at radius 3 is 0.831 bits per heavy atom. The third-order valence-electron chi connectivity index (χ3n) is 10.8. The van der Waals surface area contributed by atoms with Gasteiger partial charge in [-0.05, 0) is 25.7 Å². The van der Waals surface area contributed by atoms with Crippen LogP contribution in [-0.4, -0.2) is 180 Å². The second-order valence-electron chi connectivity index (χ2n) is 17.1. The minimum atomic E-state index is -1.09. The first-order valence-corrected chi connectivity index (χ1v) is 24.4. The lowest BCUT2D eigenvalue weighted by Gasteiger charge is -2.21. The number of esters is 2. The normalized spacial score (nSPS) is 16.3. The summed E-state index contributed by atoms with van der Waals surface area (Å²) in [4.78, 5) is 211. The molecular formula is C46H58N4O27. The van der Waals surface area contributed by atoms with E-state index in [-0.39, 0.29) is 155 Å². The summed E-state index contributed by atoms with van der Waals surface area (Å²) >= 11 is 0. The third kappa shape index (κ3) is 23.1. The molecular weight excluding hydrogens is 1040 g/mol. The Morgan fingerprint density at radius 1 is 0.325 bits per heavy atom. The van der Waals surface area contributed by atoms with Gasteiger partial charge in [0.25, 0.3) is 47.3 Å². The van der Waals surface area contributed by atoms with Crippen molar-refractivity contribution in [2.75, 3.05) is 53.2 Å². The maximum atomic E-state index is 12.6. The van der Waals surface area contributed by atoms with E-state index in [1.54, 1.807) is 0 Å². The van der Waals surface area contributed by atoms with Crippen LogP contribution in [0, 0.1) is 0 Å². The molecule has 0 saturated carbocycles. The number of hydroxylamine groups is 8. The van der Waals surface area contributed by atoms with E-state index >= 15 is 0 Å². The van der Waals surface area contributed by atoms with Crippen LogP contribution >= 0.6 is 0 Å². The zero-order chi connectivity index (χ0) is 56.3. The fourth-order valence-electron chi connectivity index (χ4n) is 6.74. The largest absolute Gasteiger partial charge is 0.438 e. The monoisotopic (exact) mass is 1100 g/mol. The first kappa shape index (κ1) is 62.1. The van der Waals surface area contributed by atoms with Gasteiger partial charge in [-0.2, -0.15) is 0 Å². The summed E-state index contributed by atoms with van der Waals surface area (Å²) in [6.45, 7) is -3.86. The van der Waals surface area contributed by atoms with Gasteiger partial charge in [-0.1, -0.05) is 0 Å². The van der Waals surface area contributed by atoms with Crippen molar-refractivity contribution in [3.05, 3.63) is 0 Å². The molecule has 0 aromatic rings. The smallest absolute Gasteiger partial charge is 0.333 e. The maximum Gasteiger partial charge on any atom is 0.333 e. The number of amides is 8. The number of hydrogen-bond acceptors (Lipinski definition) is 27. The highest BCUT2D eigenvalue weighted by Crippen LogP contribution is 2.17. The predicted molar refractivity (Wildman–Crippen MR) is 238 cm³/mol. The van der Waals surface area contributed by atoms with Gasteiger partial charge in [-0.3, -0.25) is 57.5 Å². The molecule has 4 fully saturated rings. The van der Waals surface area contributed by atoms with Gasteiger partial charge in [0.1, 0.15) is 25.4 Å². The molecule has 2 unspecified atom stereocenters. The van der Waals surface area contributed by atoms with Gasteiger partial charge in [-0.25, -0.2) is 19.2 Å². The van der Waals surface area contributed by atoms with Gasteiger partial charge in [0.15, 0.2) is 25.2 Å². The highest BCUT2D eigenvalue weighted by Gasteiger charge is 2.36. The number of carbonyl (C=O) groups excluding carboxylic acids is 16. The van der Waals surface area contributed by atoms with E-state index in [4.69, 9.17) is 52.5 Å². The Labute approximate surface area is 437 Å². The molecule has 0 spiro atoms. The van der Waals surface area contributed by atoms with Crippen molar-refractivity contribution < 1.29 is 129 Å². The van der Waals surface area contributed by atoms with E-state index in [9.17, 15) is 76.7 Å². The third-order valence-corrected chi connectivity index (χ3v) is 10.8. The summed E-state index contributed by atoms with van der Waals surface area (Å²) in [6, 6.07) is 0. The molecule has 424 valence electrons. The van der Waals surface area contributed by atoms with Gasteiger partial charge in [-0.15, -0.1) is 20.3 Å². The van der Waals surface area contributed by atoms with Crippen molar-refractivity contribution in [1.29, 1.82) is 0 Å². The number of nitrogens with zero attached hydrogens (tertiary/aromatic N) is 4. The van der Waals surface area contributed by atoms with Crippen LogP contribution in [-0.2, 0) is 129 Å². The van der Waals surface area contributed by atoms with Gasteiger partial charge in [0, 0.05) is 103 Å². The quantitative estimate of drug-likeness (QED) is 0.0409. The minimum Gasteiger partial charge on any atom is -0.438 e. The molecule has 0 aromatic heterocycles. The fourth-order valence-corrected chi connectivity index (χ4v) is 6.74. The molecule has 0 radical (unpaired) electrons. The topological polar surface area (TPSA) is 388 Å². The van der Waals surface area contributed by atoms with Crippen LogP contribution in [0.15, 0.2) is 0 Å². The number of Topliss-reactive ketones (excluding diaryl/α,β-unsaturated/α-hetero) is 2. The van der Waals surface area contributed by atoms with Crippen LogP contribution in [0.2, 0.25) is 0 Å². The number of carbonyl (C=O) groups is 16. The van der Waals surface area contributed by atoms with Gasteiger partial charge >= 0.3 is 35.8 Å². The average Bonchev–Trinajstić information content (AvgIpc) is 4.08. The zero-order valence-corrected chi connectivity index (χ0v) is 41.8. The Balaban J connectivity index is 1.26. The first-order valence-electron chi connectivity index (χ1n) is 24.4. The highest BCUT2D eigenvalue weighted by molar-refractivity contribution is 6.03. The van der Waals surface area contributed by atoms with Crippen LogP contribution in [0.4, 0.5) is 0 Å². The van der Waals surface area contributed by atoms with Crippen molar-refractivity contribution in [3.8, 4) is 0 Å². The molecule has 31 heteroatoms. The molecule has 4 rings (SSSR count). The van der Waals surface area contributed by atoms with E-state index in [2.05, 4.69) is 0 Å². The second kappa shape index (κ2) is 32.8. The molecule has 4 aliphatic rings. The molecule has 0 bridgehead atoms. The van der Waals surface area contributed by atoms with E-state index < -0.39 is 134 Å². The summed E-state index contributed by atoms with van der Waals surface area (Å²) in [5.74, 6) is -11.7. The number of hydrogen-bond donors (Lipinski definition) is 0. The Morgan fingerprint density at radius 2 is 0.558 bits per heavy atom. The van der Waals surface area contributed by atoms with Crippen LogP contribution in [0.5, 0.6) is 0 Å². The first-order chi connectivity index (χ1) is 36.8. The lowest BCUT2D eigenvalue weighted by atomic mass is 10.2. The molecule has 4 aliphatic heterocycles. The van der Waals surface area contributed by atoms with E-state index in [1.165, 1.54) is 0 Å². The molecule has 4 heterocycles. The average molecular weight is 1100 g/mol. The number of rotatable bonds is 38. The molecule has 0 N–H and O–H groups in total. The molecule has 8 amide bonds. The Kier molecular flexibility index (Phi) is 26.5. The summed E-state index contributed by atoms with van der Waals surface area (Å²) in [5.41, 5.74) is 0. The second-order valence-corrected chi connectivity index (χ2v) is 17.1. The lowest BCUT2D eigenvalue weighted by molar-refractivity contribution is -0.197. The van der Waals surface area contributed by atoms with Crippen molar-refractivity contribution in [3.63, 3.8) is 0 Å². The van der Waals surface area contributed by atoms with Crippen molar-refractivity contribution in [2.24, 2.45) is 0 Å². The number of imide groups is 4. The van der Waals surface area contributed by atoms with E-state index in [1.807, 2.05) is 0 Å². The van der Waals surface area contributed by atoms with Crippen LogP contribution < -0.4 is 0 Å². The fraction of sp³-hybridized carbons (Fsp3) is 0.652. The van der Waals surface area contributed by atoms with Gasteiger partial charge < -0.3 is 52.5 Å². The molecule has 0 aromatic carbocycles. The maximum absolute atomic E-state index is 12.6. The van der Waals surface area contributed by atoms with Gasteiger partial charge in [0.2, 0.25) is 0 Å². The molecule has 4 saturated heterocycles. The Bertz CT molecular complexity index is 1880. The predicted octanol–water partition coefficient (Wildman–Crippen LogP) is -0.944. The Hall–Kier alpha value is -7.48. The van der Waals surface area contributed by atoms with Crippen molar-refractivity contribution >= 4 is 94.6 Å². The van der Waals surface area contributed by atoms with Gasteiger partial charge in [0.05, 0.1) is 26.4 Å². The SMILES string of the molecule is O=C(CCCC(=O)ON1C(=O)CCC1=O)COCC(COCC(COCC(=O)CCCC(=O)ON1C(=O)CCC1=O)OCOC(=O)CCCC(=O)ON1C(=O)CCC1=O)OCOC(=O)CCCC(=O)ON1C(=O)CCC1=O. The zero-order valence-electron chi connectivity index (χ0n) is 41.8. The van der Waals surface area contributed by atoms with Crippen LogP contribution in [0.3, 0.4) is 0 Å². The highest BCUT2D eigenvalue weighted by atomic mass is 16.7. The van der Waals surface area contributed by atoms with E-state index in [0.29, 0.717) is 20.3 Å². The summed E-state index contributed by atoms with van der Waals surface area (Å²) < 4.78 is 38.2. The van der Waals surface area contributed by atoms with Crippen LogP contribution in [0.25, 0.3) is 0 Å². The molecule has 2 atom stereocenters. The standard InChI is InChI=1S/C46H58N4O27/c51-29(5-1-9-43(63)74-47-33(53)13-14-34(47)54)21-67-23-31(70-27-72-41(61)7-3-11-45(65)76-49-37(57)17-18-38(49)58)25-69-26-32(24-68-22-30(52)6-2-10-44(64)75-48-35(55)15-16-36(48)56)71-28-73-42(62)8-4-12-46(66)77-50-39(59)19-20-40(50)60/h31-32H,1-28H2. The summed E-state index contributed by atoms with van der Waals surface area (Å²) in [7, 11) is 0. The molecule has 0 aliphatic carbocycles. The summed E-state index contributed by atoms with van der Waals surface area (Å²) in [6.07, 6.45) is -5.52. The lowest BCUT2D eigenvalue weighted by Crippen LogP contribution is -2.33.